The van der Waals surface area contributed by atoms with Gasteiger partial charge in [0, 0.05) is 30.0 Å². The Morgan fingerprint density at radius 3 is 2.58 bits per heavy atom. The SMILES string of the molecule is Cc1ccc(C(C)NC(C)c2cccnc2)c(O)c1. The smallest absolute Gasteiger partial charge is 0.120 e. The second-order valence-corrected chi connectivity index (χ2v) is 4.96. The predicted octanol–water partition coefficient (Wildman–Crippen LogP) is 3.51. The molecule has 0 saturated heterocycles. The molecule has 2 aromatic rings. The number of aryl methyl sites for hydroxylation is 1. The number of benzene rings is 1. The van der Waals surface area contributed by atoms with Gasteiger partial charge in [-0.15, -0.1) is 0 Å². The molecule has 0 fully saturated rings. The van der Waals surface area contributed by atoms with E-state index in [-0.39, 0.29) is 12.1 Å². The van der Waals surface area contributed by atoms with Crippen LogP contribution in [0.5, 0.6) is 5.75 Å². The maximum atomic E-state index is 9.99. The molecule has 2 rings (SSSR count). The third-order valence-electron chi connectivity index (χ3n) is 3.34. The van der Waals surface area contributed by atoms with Gasteiger partial charge in [0.25, 0.3) is 0 Å². The van der Waals surface area contributed by atoms with Crippen LogP contribution in [0.1, 0.15) is 42.6 Å². The van der Waals surface area contributed by atoms with E-state index in [0.717, 1.165) is 16.7 Å². The fourth-order valence-electron chi connectivity index (χ4n) is 2.21. The van der Waals surface area contributed by atoms with Crippen molar-refractivity contribution in [1.29, 1.82) is 0 Å². The number of aromatic nitrogens is 1. The summed E-state index contributed by atoms with van der Waals surface area (Å²) in [7, 11) is 0. The largest absolute Gasteiger partial charge is 0.508 e. The second kappa shape index (κ2) is 5.85. The van der Waals surface area contributed by atoms with Crippen LogP contribution in [0.2, 0.25) is 0 Å². The fourth-order valence-corrected chi connectivity index (χ4v) is 2.21. The van der Waals surface area contributed by atoms with E-state index in [2.05, 4.69) is 24.1 Å². The first-order chi connectivity index (χ1) is 9.08. The van der Waals surface area contributed by atoms with Crippen molar-refractivity contribution in [3.05, 3.63) is 59.4 Å². The molecule has 0 aliphatic heterocycles. The van der Waals surface area contributed by atoms with Gasteiger partial charge in [-0.2, -0.15) is 0 Å². The fraction of sp³-hybridized carbons (Fsp3) is 0.312. The maximum Gasteiger partial charge on any atom is 0.120 e. The van der Waals surface area contributed by atoms with Crippen molar-refractivity contribution < 1.29 is 5.11 Å². The highest BCUT2D eigenvalue weighted by Gasteiger charge is 2.14. The highest BCUT2D eigenvalue weighted by molar-refractivity contribution is 5.38. The van der Waals surface area contributed by atoms with Crippen LogP contribution in [0.15, 0.2) is 42.7 Å². The monoisotopic (exact) mass is 256 g/mol. The Morgan fingerprint density at radius 2 is 1.95 bits per heavy atom. The number of aromatic hydroxyl groups is 1. The molecule has 3 nitrogen and oxygen atoms in total. The summed E-state index contributed by atoms with van der Waals surface area (Å²) in [6.07, 6.45) is 3.63. The van der Waals surface area contributed by atoms with E-state index in [1.165, 1.54) is 0 Å². The lowest BCUT2D eigenvalue weighted by Gasteiger charge is -2.21. The third-order valence-corrected chi connectivity index (χ3v) is 3.34. The van der Waals surface area contributed by atoms with Gasteiger partial charge in [-0.1, -0.05) is 18.2 Å². The molecule has 2 atom stereocenters. The standard InChI is InChI=1S/C16H20N2O/c1-11-6-7-15(16(19)9-11)13(3)18-12(2)14-5-4-8-17-10-14/h4-10,12-13,18-19H,1-3H3. The van der Waals surface area contributed by atoms with E-state index in [1.807, 2.05) is 37.4 Å². The van der Waals surface area contributed by atoms with E-state index in [0.29, 0.717) is 5.75 Å². The van der Waals surface area contributed by atoms with E-state index in [9.17, 15) is 5.11 Å². The number of rotatable bonds is 4. The topological polar surface area (TPSA) is 45.2 Å². The van der Waals surface area contributed by atoms with Crippen molar-refractivity contribution in [3.8, 4) is 5.75 Å². The van der Waals surface area contributed by atoms with E-state index in [4.69, 9.17) is 0 Å². The molecule has 19 heavy (non-hydrogen) atoms. The first-order valence-corrected chi connectivity index (χ1v) is 6.53. The van der Waals surface area contributed by atoms with Crippen LogP contribution in [-0.4, -0.2) is 10.1 Å². The zero-order valence-electron chi connectivity index (χ0n) is 11.6. The molecule has 0 aliphatic rings. The summed E-state index contributed by atoms with van der Waals surface area (Å²) in [5, 5.41) is 13.5. The van der Waals surface area contributed by atoms with Crippen LogP contribution in [-0.2, 0) is 0 Å². The van der Waals surface area contributed by atoms with Crippen molar-refractivity contribution in [3.63, 3.8) is 0 Å². The molecular formula is C16H20N2O. The molecule has 2 N–H and O–H groups in total. The van der Waals surface area contributed by atoms with Crippen molar-refractivity contribution in [2.45, 2.75) is 32.9 Å². The maximum absolute atomic E-state index is 9.99. The van der Waals surface area contributed by atoms with Crippen molar-refractivity contribution in [2.75, 3.05) is 0 Å². The summed E-state index contributed by atoms with van der Waals surface area (Å²) in [5.41, 5.74) is 3.12. The Labute approximate surface area is 114 Å². The molecule has 1 heterocycles. The molecule has 0 bridgehead atoms. The Bertz CT molecular complexity index is 540. The Morgan fingerprint density at radius 1 is 1.16 bits per heavy atom. The van der Waals surface area contributed by atoms with Gasteiger partial charge in [-0.05, 0) is 44.0 Å². The first kappa shape index (κ1) is 13.6. The molecule has 0 saturated carbocycles. The molecule has 2 unspecified atom stereocenters. The summed E-state index contributed by atoms with van der Waals surface area (Å²) in [6, 6.07) is 10.0. The van der Waals surface area contributed by atoms with Crippen LogP contribution in [0.25, 0.3) is 0 Å². The minimum absolute atomic E-state index is 0.0795. The quantitative estimate of drug-likeness (QED) is 0.880. The lowest BCUT2D eigenvalue weighted by molar-refractivity contribution is 0.438. The van der Waals surface area contributed by atoms with Crippen LogP contribution in [0.3, 0.4) is 0 Å². The summed E-state index contributed by atoms with van der Waals surface area (Å²) >= 11 is 0. The molecule has 3 heteroatoms. The number of nitrogens with zero attached hydrogens (tertiary/aromatic N) is 1. The molecule has 1 aromatic carbocycles. The third kappa shape index (κ3) is 3.32. The zero-order chi connectivity index (χ0) is 13.8. The van der Waals surface area contributed by atoms with Crippen LogP contribution < -0.4 is 5.32 Å². The Hall–Kier alpha value is -1.87. The zero-order valence-corrected chi connectivity index (χ0v) is 11.6. The molecule has 0 amide bonds. The summed E-state index contributed by atoms with van der Waals surface area (Å²) < 4.78 is 0. The van der Waals surface area contributed by atoms with Gasteiger partial charge in [0.1, 0.15) is 5.75 Å². The highest BCUT2D eigenvalue weighted by Crippen LogP contribution is 2.27. The lowest BCUT2D eigenvalue weighted by Crippen LogP contribution is -2.22. The average Bonchev–Trinajstić information content (AvgIpc) is 2.39. The summed E-state index contributed by atoms with van der Waals surface area (Å²) in [6.45, 7) is 6.12. The lowest BCUT2D eigenvalue weighted by atomic mass is 10.0. The molecule has 100 valence electrons. The molecular weight excluding hydrogens is 236 g/mol. The van der Waals surface area contributed by atoms with Crippen LogP contribution >= 0.6 is 0 Å². The van der Waals surface area contributed by atoms with Gasteiger partial charge in [0.05, 0.1) is 0 Å². The number of phenolic OH excluding ortho intramolecular Hbond substituents is 1. The number of pyridine rings is 1. The number of nitrogens with one attached hydrogen (secondary N) is 1. The normalized spacial score (nSPS) is 14.1. The van der Waals surface area contributed by atoms with Crippen molar-refractivity contribution >= 4 is 0 Å². The first-order valence-electron chi connectivity index (χ1n) is 6.53. The van der Waals surface area contributed by atoms with Gasteiger partial charge in [-0.25, -0.2) is 0 Å². The number of phenols is 1. The minimum Gasteiger partial charge on any atom is -0.508 e. The summed E-state index contributed by atoms with van der Waals surface area (Å²) in [4.78, 5) is 4.13. The molecule has 1 aromatic heterocycles. The second-order valence-electron chi connectivity index (χ2n) is 4.96. The molecule has 0 aliphatic carbocycles. The highest BCUT2D eigenvalue weighted by atomic mass is 16.3. The number of hydrogen-bond donors (Lipinski definition) is 2. The molecule has 0 radical (unpaired) electrons. The van der Waals surface area contributed by atoms with Crippen LogP contribution in [0.4, 0.5) is 0 Å². The van der Waals surface area contributed by atoms with Crippen molar-refractivity contribution in [2.24, 2.45) is 0 Å². The van der Waals surface area contributed by atoms with Gasteiger partial charge in [-0.3, -0.25) is 4.98 Å². The van der Waals surface area contributed by atoms with E-state index >= 15 is 0 Å². The minimum atomic E-state index is 0.0795. The van der Waals surface area contributed by atoms with Gasteiger partial charge in [0.15, 0.2) is 0 Å². The average molecular weight is 256 g/mol. The Kier molecular flexibility index (Phi) is 4.17. The van der Waals surface area contributed by atoms with E-state index in [1.54, 1.807) is 12.3 Å². The molecule has 0 spiro atoms. The van der Waals surface area contributed by atoms with Gasteiger partial charge in [0.2, 0.25) is 0 Å². The predicted molar refractivity (Wildman–Crippen MR) is 77.0 cm³/mol. The van der Waals surface area contributed by atoms with Crippen LogP contribution in [0, 0.1) is 6.92 Å². The van der Waals surface area contributed by atoms with Crippen molar-refractivity contribution in [1.82, 2.24) is 10.3 Å². The Balaban J connectivity index is 2.10. The van der Waals surface area contributed by atoms with Gasteiger partial charge < -0.3 is 10.4 Å². The number of hydrogen-bond acceptors (Lipinski definition) is 3. The van der Waals surface area contributed by atoms with E-state index < -0.39 is 0 Å². The van der Waals surface area contributed by atoms with Gasteiger partial charge >= 0.3 is 0 Å². The summed E-state index contributed by atoms with van der Waals surface area (Å²) in [5.74, 6) is 0.346.